The van der Waals surface area contributed by atoms with Crippen molar-refractivity contribution in [2.45, 2.75) is 39.2 Å². The van der Waals surface area contributed by atoms with Gasteiger partial charge in [0, 0.05) is 12.6 Å². The maximum atomic E-state index is 12.3. The number of hydrogen-bond acceptors (Lipinski definition) is 4. The lowest BCUT2D eigenvalue weighted by Gasteiger charge is -2.22. The van der Waals surface area contributed by atoms with E-state index in [1.54, 1.807) is 12.1 Å². The molecule has 1 aliphatic carbocycles. The molecule has 98 valence electrons. The molecule has 2 N–H and O–H groups in total. The number of carbonyl (C=O) groups excluding carboxylic acids is 1. The molecule has 0 atom stereocenters. The van der Waals surface area contributed by atoms with Crippen molar-refractivity contribution >= 4 is 11.7 Å². The molecular weight excluding hydrogens is 228 g/mol. The highest BCUT2D eigenvalue weighted by molar-refractivity contribution is 5.92. The minimum atomic E-state index is -0.0225. The molecule has 0 unspecified atom stereocenters. The zero-order valence-electron chi connectivity index (χ0n) is 11.0. The summed E-state index contributed by atoms with van der Waals surface area (Å²) < 4.78 is 0. The Morgan fingerprint density at radius 2 is 2.17 bits per heavy atom. The normalized spacial score (nSPS) is 14.8. The Bertz CT molecular complexity index is 412. The van der Waals surface area contributed by atoms with Crippen molar-refractivity contribution in [2.75, 3.05) is 12.3 Å². The molecule has 1 saturated carbocycles. The largest absolute Gasteiger partial charge is 0.382 e. The third-order valence-corrected chi connectivity index (χ3v) is 3.10. The molecule has 0 radical (unpaired) electrons. The summed E-state index contributed by atoms with van der Waals surface area (Å²) in [4.78, 5) is 14.3. The number of aromatic nitrogens is 2. The molecule has 1 aliphatic rings. The van der Waals surface area contributed by atoms with E-state index in [1.165, 1.54) is 0 Å². The summed E-state index contributed by atoms with van der Waals surface area (Å²) in [7, 11) is 0. The van der Waals surface area contributed by atoms with Crippen molar-refractivity contribution in [1.29, 1.82) is 0 Å². The van der Waals surface area contributed by atoms with Crippen molar-refractivity contribution < 1.29 is 4.79 Å². The van der Waals surface area contributed by atoms with Gasteiger partial charge < -0.3 is 10.6 Å². The summed E-state index contributed by atoms with van der Waals surface area (Å²) >= 11 is 0. The first-order valence-electron chi connectivity index (χ1n) is 6.48. The smallest absolute Gasteiger partial charge is 0.274 e. The van der Waals surface area contributed by atoms with Crippen molar-refractivity contribution in [2.24, 2.45) is 5.92 Å². The number of amides is 1. The third kappa shape index (κ3) is 3.18. The molecule has 1 aromatic rings. The number of nitrogens with zero attached hydrogens (tertiary/aromatic N) is 3. The molecule has 1 heterocycles. The van der Waals surface area contributed by atoms with Gasteiger partial charge in [0.1, 0.15) is 5.82 Å². The molecular formula is C13H20N4O. The zero-order valence-corrected chi connectivity index (χ0v) is 11.0. The highest BCUT2D eigenvalue weighted by Gasteiger charge is 2.33. The first kappa shape index (κ1) is 12.8. The molecule has 5 heteroatoms. The molecule has 0 saturated heterocycles. The van der Waals surface area contributed by atoms with Crippen molar-refractivity contribution in [3.05, 3.63) is 17.8 Å². The molecule has 0 aliphatic heterocycles. The summed E-state index contributed by atoms with van der Waals surface area (Å²) in [6.45, 7) is 5.13. The van der Waals surface area contributed by atoms with Crippen LogP contribution in [0, 0.1) is 5.92 Å². The van der Waals surface area contributed by atoms with E-state index in [-0.39, 0.29) is 5.91 Å². The average molecular weight is 248 g/mol. The number of hydrogen-bond donors (Lipinski definition) is 1. The van der Waals surface area contributed by atoms with Crippen LogP contribution >= 0.6 is 0 Å². The third-order valence-electron chi connectivity index (χ3n) is 3.10. The van der Waals surface area contributed by atoms with Crippen LogP contribution in [-0.2, 0) is 0 Å². The Balaban J connectivity index is 2.05. The highest BCUT2D eigenvalue weighted by atomic mass is 16.2. The number of rotatable bonds is 5. The lowest BCUT2D eigenvalue weighted by atomic mass is 10.1. The van der Waals surface area contributed by atoms with Crippen molar-refractivity contribution in [3.8, 4) is 0 Å². The van der Waals surface area contributed by atoms with E-state index < -0.39 is 0 Å². The van der Waals surface area contributed by atoms with Gasteiger partial charge in [-0.3, -0.25) is 4.79 Å². The minimum absolute atomic E-state index is 0.0225. The first-order valence-corrected chi connectivity index (χ1v) is 6.48. The van der Waals surface area contributed by atoms with Crippen molar-refractivity contribution in [1.82, 2.24) is 15.1 Å². The molecule has 0 spiro atoms. The van der Waals surface area contributed by atoms with E-state index in [4.69, 9.17) is 5.73 Å². The van der Waals surface area contributed by atoms with E-state index in [1.807, 2.05) is 4.90 Å². The Labute approximate surface area is 107 Å². The lowest BCUT2D eigenvalue weighted by Crippen LogP contribution is -2.35. The summed E-state index contributed by atoms with van der Waals surface area (Å²) in [5, 5.41) is 7.61. The highest BCUT2D eigenvalue weighted by Crippen LogP contribution is 2.28. The maximum absolute atomic E-state index is 12.3. The molecule has 1 fully saturated rings. The van der Waals surface area contributed by atoms with Gasteiger partial charge in [0.2, 0.25) is 0 Å². The second-order valence-electron chi connectivity index (χ2n) is 5.26. The first-order chi connectivity index (χ1) is 8.58. The van der Waals surface area contributed by atoms with Gasteiger partial charge >= 0.3 is 0 Å². The van der Waals surface area contributed by atoms with E-state index in [0.717, 1.165) is 25.8 Å². The van der Waals surface area contributed by atoms with Crippen LogP contribution < -0.4 is 5.73 Å². The Hall–Kier alpha value is -1.65. The van der Waals surface area contributed by atoms with Crippen LogP contribution in [0.5, 0.6) is 0 Å². The maximum Gasteiger partial charge on any atom is 0.274 e. The SMILES string of the molecule is CC(C)CCN(C(=O)c1ccc(N)nn1)C1CC1. The second-order valence-corrected chi connectivity index (χ2v) is 5.26. The van der Waals surface area contributed by atoms with E-state index in [2.05, 4.69) is 24.0 Å². The quantitative estimate of drug-likeness (QED) is 0.861. The van der Waals surface area contributed by atoms with Gasteiger partial charge in [-0.2, -0.15) is 0 Å². The van der Waals surface area contributed by atoms with Gasteiger partial charge in [-0.15, -0.1) is 10.2 Å². The van der Waals surface area contributed by atoms with E-state index in [0.29, 0.717) is 23.5 Å². The monoisotopic (exact) mass is 248 g/mol. The van der Waals surface area contributed by atoms with Crippen LogP contribution in [0.2, 0.25) is 0 Å². The number of anilines is 1. The minimum Gasteiger partial charge on any atom is -0.382 e. The number of carbonyl (C=O) groups is 1. The average Bonchev–Trinajstić information content (AvgIpc) is 3.14. The molecule has 0 aromatic carbocycles. The van der Waals surface area contributed by atoms with E-state index >= 15 is 0 Å². The number of nitrogen functional groups attached to an aromatic ring is 1. The fourth-order valence-electron chi connectivity index (χ4n) is 1.84. The fourth-order valence-corrected chi connectivity index (χ4v) is 1.84. The fraction of sp³-hybridized carbons (Fsp3) is 0.615. The van der Waals surface area contributed by atoms with E-state index in [9.17, 15) is 4.79 Å². The summed E-state index contributed by atoms with van der Waals surface area (Å²) in [6, 6.07) is 3.67. The summed E-state index contributed by atoms with van der Waals surface area (Å²) in [5.41, 5.74) is 5.86. The van der Waals surface area contributed by atoms with Gasteiger partial charge in [0.25, 0.3) is 5.91 Å². The molecule has 18 heavy (non-hydrogen) atoms. The van der Waals surface area contributed by atoms with Crippen LogP contribution in [0.3, 0.4) is 0 Å². The van der Waals surface area contributed by atoms with Crippen LogP contribution in [0.4, 0.5) is 5.82 Å². The topological polar surface area (TPSA) is 72.1 Å². The van der Waals surface area contributed by atoms with Crippen LogP contribution in [0.1, 0.15) is 43.6 Å². The van der Waals surface area contributed by atoms with Gasteiger partial charge in [0.05, 0.1) is 0 Å². The standard InChI is InChI=1S/C13H20N4O/c1-9(2)7-8-17(10-3-4-10)13(18)11-5-6-12(14)16-15-11/h5-6,9-10H,3-4,7-8H2,1-2H3,(H2,14,16). The zero-order chi connectivity index (χ0) is 13.1. The lowest BCUT2D eigenvalue weighted by molar-refractivity contribution is 0.0728. The Kier molecular flexibility index (Phi) is 3.79. The van der Waals surface area contributed by atoms with Gasteiger partial charge in [-0.05, 0) is 37.3 Å². The molecule has 1 amide bonds. The second kappa shape index (κ2) is 5.33. The Morgan fingerprint density at radius 3 is 2.67 bits per heavy atom. The number of nitrogens with two attached hydrogens (primary N) is 1. The van der Waals surface area contributed by atoms with Gasteiger partial charge in [-0.1, -0.05) is 13.8 Å². The molecule has 2 rings (SSSR count). The van der Waals surface area contributed by atoms with Crippen LogP contribution in [0.15, 0.2) is 12.1 Å². The molecule has 5 nitrogen and oxygen atoms in total. The summed E-state index contributed by atoms with van der Waals surface area (Å²) in [6.07, 6.45) is 3.23. The van der Waals surface area contributed by atoms with Gasteiger partial charge in [0.15, 0.2) is 5.69 Å². The predicted octanol–water partition coefficient (Wildman–Crippen LogP) is 1.71. The molecule has 0 bridgehead atoms. The van der Waals surface area contributed by atoms with Crippen LogP contribution in [0.25, 0.3) is 0 Å². The Morgan fingerprint density at radius 1 is 1.44 bits per heavy atom. The van der Waals surface area contributed by atoms with Gasteiger partial charge in [-0.25, -0.2) is 0 Å². The predicted molar refractivity (Wildman–Crippen MR) is 70.0 cm³/mol. The summed E-state index contributed by atoms with van der Waals surface area (Å²) in [5.74, 6) is 0.911. The molecule has 1 aromatic heterocycles. The van der Waals surface area contributed by atoms with Crippen LogP contribution in [-0.4, -0.2) is 33.6 Å². The van der Waals surface area contributed by atoms with Crippen molar-refractivity contribution in [3.63, 3.8) is 0 Å².